The molecule has 2 aromatic carbocycles. The summed E-state index contributed by atoms with van der Waals surface area (Å²) in [6.45, 7) is 1.91. The van der Waals surface area contributed by atoms with Crippen LogP contribution >= 0.6 is 11.8 Å². The van der Waals surface area contributed by atoms with Crippen molar-refractivity contribution in [3.05, 3.63) is 53.1 Å². The average Bonchev–Trinajstić information content (AvgIpc) is 2.59. The highest BCUT2D eigenvalue weighted by molar-refractivity contribution is 8.13. The summed E-state index contributed by atoms with van der Waals surface area (Å²) in [4.78, 5) is 3.93. The molecular formula is C18H19F3N2O2S. The molecule has 0 saturated heterocycles. The van der Waals surface area contributed by atoms with Gasteiger partial charge >= 0.3 is 6.18 Å². The van der Waals surface area contributed by atoms with Gasteiger partial charge in [-0.1, -0.05) is 23.9 Å². The van der Waals surface area contributed by atoms with E-state index in [0.717, 1.165) is 29.0 Å². The van der Waals surface area contributed by atoms with Gasteiger partial charge in [0.15, 0.2) is 16.7 Å². The monoisotopic (exact) mass is 384 g/mol. The average molecular weight is 384 g/mol. The van der Waals surface area contributed by atoms with E-state index < -0.39 is 11.7 Å². The third-order valence-electron chi connectivity index (χ3n) is 3.66. The van der Waals surface area contributed by atoms with Crippen LogP contribution in [-0.4, -0.2) is 19.4 Å². The predicted molar refractivity (Wildman–Crippen MR) is 98.3 cm³/mol. The molecule has 4 nitrogen and oxygen atoms in total. The van der Waals surface area contributed by atoms with Crippen molar-refractivity contribution in [3.63, 3.8) is 0 Å². The third kappa shape index (κ3) is 4.85. The molecule has 0 bridgehead atoms. The van der Waals surface area contributed by atoms with E-state index in [-0.39, 0.29) is 10.9 Å². The lowest BCUT2D eigenvalue weighted by Crippen LogP contribution is -2.09. The van der Waals surface area contributed by atoms with Gasteiger partial charge in [-0.15, -0.1) is 0 Å². The fourth-order valence-corrected chi connectivity index (χ4v) is 3.07. The van der Waals surface area contributed by atoms with Gasteiger partial charge in [0.25, 0.3) is 0 Å². The summed E-state index contributed by atoms with van der Waals surface area (Å²) >= 11 is 1.15. The molecule has 0 heterocycles. The molecule has 0 aliphatic carbocycles. The summed E-state index contributed by atoms with van der Waals surface area (Å²) < 4.78 is 49.5. The first-order valence-corrected chi connectivity index (χ1v) is 8.59. The minimum atomic E-state index is -4.48. The van der Waals surface area contributed by atoms with Crippen LogP contribution in [0.3, 0.4) is 0 Å². The first kappa shape index (κ1) is 20.0. The number of amidine groups is 1. The Bertz CT molecular complexity index is 808. The van der Waals surface area contributed by atoms with Gasteiger partial charge in [-0.2, -0.15) is 13.2 Å². The molecule has 0 aliphatic rings. The van der Waals surface area contributed by atoms with E-state index in [9.17, 15) is 13.2 Å². The molecule has 0 unspecified atom stereocenters. The molecular weight excluding hydrogens is 365 g/mol. The molecule has 0 radical (unpaired) electrons. The minimum absolute atomic E-state index is 0.0517. The number of methoxy groups -OCH3 is 2. The molecule has 8 heteroatoms. The third-order valence-corrected chi connectivity index (χ3v) is 4.50. The Kier molecular flexibility index (Phi) is 6.42. The van der Waals surface area contributed by atoms with Gasteiger partial charge in [0.2, 0.25) is 0 Å². The van der Waals surface area contributed by atoms with Crippen molar-refractivity contribution in [2.45, 2.75) is 18.9 Å². The second-order valence-corrected chi connectivity index (χ2v) is 6.38. The number of aliphatic imine (C=N–C) groups is 1. The lowest BCUT2D eigenvalue weighted by Gasteiger charge is -2.13. The predicted octanol–water partition coefficient (Wildman–Crippen LogP) is 4.91. The first-order valence-electron chi connectivity index (χ1n) is 7.61. The quantitative estimate of drug-likeness (QED) is 0.588. The maximum absolute atomic E-state index is 13.0. The number of ether oxygens (including phenoxy) is 2. The van der Waals surface area contributed by atoms with Gasteiger partial charge in [0, 0.05) is 5.75 Å². The minimum Gasteiger partial charge on any atom is -0.493 e. The number of hydrogen-bond donors (Lipinski definition) is 1. The highest BCUT2D eigenvalue weighted by atomic mass is 32.2. The largest absolute Gasteiger partial charge is 0.493 e. The molecule has 0 fully saturated rings. The molecule has 0 aromatic heterocycles. The van der Waals surface area contributed by atoms with Crippen LogP contribution < -0.4 is 15.2 Å². The Morgan fingerprint density at radius 2 is 1.73 bits per heavy atom. The number of aryl methyl sites for hydroxylation is 1. The zero-order valence-electron chi connectivity index (χ0n) is 14.6. The fourth-order valence-electron chi connectivity index (χ4n) is 2.29. The summed E-state index contributed by atoms with van der Waals surface area (Å²) in [5.41, 5.74) is 6.70. The van der Waals surface area contributed by atoms with E-state index in [4.69, 9.17) is 15.2 Å². The molecule has 0 amide bonds. The van der Waals surface area contributed by atoms with Gasteiger partial charge < -0.3 is 15.2 Å². The van der Waals surface area contributed by atoms with Crippen molar-refractivity contribution in [1.82, 2.24) is 0 Å². The van der Waals surface area contributed by atoms with E-state index in [0.29, 0.717) is 17.3 Å². The molecule has 140 valence electrons. The molecule has 26 heavy (non-hydrogen) atoms. The van der Waals surface area contributed by atoms with Crippen LogP contribution in [0.2, 0.25) is 0 Å². The summed E-state index contributed by atoms with van der Waals surface area (Å²) in [5, 5.41) is 0.0517. The second kappa shape index (κ2) is 8.35. The van der Waals surface area contributed by atoms with Crippen LogP contribution in [0.1, 0.15) is 16.7 Å². The van der Waals surface area contributed by atoms with E-state index in [2.05, 4.69) is 4.99 Å². The van der Waals surface area contributed by atoms with Gasteiger partial charge in [-0.3, -0.25) is 0 Å². The maximum Gasteiger partial charge on any atom is 0.418 e. The zero-order chi connectivity index (χ0) is 19.3. The molecule has 2 aromatic rings. The summed E-state index contributed by atoms with van der Waals surface area (Å²) in [7, 11) is 3.09. The number of nitrogens with zero attached hydrogens (tertiary/aromatic N) is 1. The van der Waals surface area contributed by atoms with Crippen molar-refractivity contribution in [2.24, 2.45) is 10.7 Å². The molecule has 0 saturated carbocycles. The SMILES string of the molecule is COc1cc(C)c(CSC(N)=Nc2ccccc2C(F)(F)F)cc1OC. The lowest BCUT2D eigenvalue weighted by molar-refractivity contribution is -0.137. The van der Waals surface area contributed by atoms with Crippen molar-refractivity contribution in [1.29, 1.82) is 0 Å². The van der Waals surface area contributed by atoms with Gasteiger partial charge in [-0.05, 0) is 42.3 Å². The van der Waals surface area contributed by atoms with Gasteiger partial charge in [0.05, 0.1) is 25.5 Å². The van der Waals surface area contributed by atoms with E-state index in [1.54, 1.807) is 7.11 Å². The molecule has 0 atom stereocenters. The number of rotatable bonds is 5. The summed E-state index contributed by atoms with van der Waals surface area (Å²) in [6.07, 6.45) is -4.48. The topological polar surface area (TPSA) is 56.8 Å². The van der Waals surface area contributed by atoms with Crippen LogP contribution in [0.4, 0.5) is 18.9 Å². The number of nitrogens with two attached hydrogens (primary N) is 1. The number of halogens is 3. The normalized spacial score (nSPS) is 12.2. The highest BCUT2D eigenvalue weighted by Crippen LogP contribution is 2.36. The Morgan fingerprint density at radius 3 is 2.35 bits per heavy atom. The lowest BCUT2D eigenvalue weighted by atomic mass is 10.1. The number of hydrogen-bond acceptors (Lipinski definition) is 4. The smallest absolute Gasteiger partial charge is 0.418 e. The summed E-state index contributed by atoms with van der Waals surface area (Å²) in [6, 6.07) is 8.73. The standard InChI is InChI=1S/C18H19F3N2O2S/c1-11-8-15(24-2)16(25-3)9-12(11)10-26-17(22)23-14-7-5-4-6-13(14)18(19,20)21/h4-9H,10H2,1-3H3,(H2,22,23). The molecule has 2 rings (SSSR count). The Labute approximate surface area is 154 Å². The molecule has 0 aliphatic heterocycles. The van der Waals surface area contributed by atoms with E-state index >= 15 is 0 Å². The highest BCUT2D eigenvalue weighted by Gasteiger charge is 2.33. The Balaban J connectivity index is 2.20. The van der Waals surface area contributed by atoms with Crippen LogP contribution in [-0.2, 0) is 11.9 Å². The number of para-hydroxylation sites is 1. The molecule has 0 spiro atoms. The second-order valence-electron chi connectivity index (χ2n) is 5.39. The van der Waals surface area contributed by atoms with Gasteiger partial charge in [0.1, 0.15) is 0 Å². The van der Waals surface area contributed by atoms with Crippen molar-refractivity contribution in [2.75, 3.05) is 14.2 Å². The first-order chi connectivity index (χ1) is 12.3. The van der Waals surface area contributed by atoms with Crippen LogP contribution in [0.15, 0.2) is 41.4 Å². The Hall–Kier alpha value is -2.35. The van der Waals surface area contributed by atoms with Crippen molar-refractivity contribution < 1.29 is 22.6 Å². The Morgan fingerprint density at radius 1 is 1.12 bits per heavy atom. The maximum atomic E-state index is 13.0. The van der Waals surface area contributed by atoms with E-state index in [1.807, 2.05) is 19.1 Å². The van der Waals surface area contributed by atoms with Crippen molar-refractivity contribution >= 4 is 22.6 Å². The van der Waals surface area contributed by atoms with E-state index in [1.165, 1.54) is 25.3 Å². The fraction of sp³-hybridized carbons (Fsp3) is 0.278. The van der Waals surface area contributed by atoms with Crippen molar-refractivity contribution in [3.8, 4) is 11.5 Å². The van der Waals surface area contributed by atoms with Crippen LogP contribution in [0, 0.1) is 6.92 Å². The zero-order valence-corrected chi connectivity index (χ0v) is 15.4. The number of thioether (sulfide) groups is 1. The number of alkyl halides is 3. The van der Waals surface area contributed by atoms with Crippen LogP contribution in [0.5, 0.6) is 11.5 Å². The summed E-state index contributed by atoms with van der Waals surface area (Å²) in [5.74, 6) is 1.63. The van der Waals surface area contributed by atoms with Crippen LogP contribution in [0.25, 0.3) is 0 Å². The van der Waals surface area contributed by atoms with Gasteiger partial charge in [-0.25, -0.2) is 4.99 Å². The molecule has 2 N–H and O–H groups in total. The number of benzene rings is 2.